The zero-order chi connectivity index (χ0) is 18.1. The molecule has 0 N–H and O–H groups in total. The lowest BCUT2D eigenvalue weighted by Crippen LogP contribution is -2.13. The van der Waals surface area contributed by atoms with Crippen molar-refractivity contribution < 1.29 is 9.53 Å². The van der Waals surface area contributed by atoms with Gasteiger partial charge in [0.15, 0.2) is 0 Å². The first kappa shape index (κ1) is 18.4. The molecule has 130 valence electrons. The third-order valence-electron chi connectivity index (χ3n) is 3.72. The molecule has 1 heterocycles. The first-order chi connectivity index (χ1) is 11.9. The van der Waals surface area contributed by atoms with Crippen LogP contribution >= 0.6 is 46.4 Å². The Hall–Kier alpha value is -1.39. The monoisotopic (exact) mass is 415 g/mol. The van der Waals surface area contributed by atoms with Crippen molar-refractivity contribution in [3.05, 3.63) is 67.7 Å². The molecular weight excluding hydrogens is 404 g/mol. The Bertz CT molecular complexity index is 965. The molecule has 0 bridgehead atoms. The molecule has 3 rings (SSSR count). The standard InChI is InChI=1S/C18H13Cl4NO2/c1-2-25-18(24)16-7-11-6-12(19)8-15(22)17(11)23(16)9-10-3-4-13(20)14(21)5-10/h3-8H,2,9H2,1H3. The summed E-state index contributed by atoms with van der Waals surface area (Å²) < 4.78 is 6.96. The fourth-order valence-corrected chi connectivity index (χ4v) is 3.62. The summed E-state index contributed by atoms with van der Waals surface area (Å²) in [5.74, 6) is -0.425. The van der Waals surface area contributed by atoms with Crippen LogP contribution in [0.1, 0.15) is 23.0 Å². The van der Waals surface area contributed by atoms with Crippen molar-refractivity contribution in [1.82, 2.24) is 4.57 Å². The van der Waals surface area contributed by atoms with E-state index in [2.05, 4.69) is 0 Å². The highest BCUT2D eigenvalue weighted by Crippen LogP contribution is 2.32. The number of fused-ring (bicyclic) bond motifs is 1. The number of halogens is 4. The van der Waals surface area contributed by atoms with Gasteiger partial charge in [0.05, 0.1) is 27.2 Å². The molecule has 7 heteroatoms. The van der Waals surface area contributed by atoms with E-state index in [1.54, 1.807) is 41.8 Å². The van der Waals surface area contributed by atoms with E-state index in [0.29, 0.717) is 37.8 Å². The molecule has 0 spiro atoms. The van der Waals surface area contributed by atoms with Crippen LogP contribution in [0.2, 0.25) is 20.1 Å². The smallest absolute Gasteiger partial charge is 0.354 e. The number of carbonyl (C=O) groups excluding carboxylic acids is 1. The average molecular weight is 417 g/mol. The van der Waals surface area contributed by atoms with E-state index < -0.39 is 5.97 Å². The van der Waals surface area contributed by atoms with Gasteiger partial charge in [-0.05, 0) is 42.8 Å². The minimum atomic E-state index is -0.425. The van der Waals surface area contributed by atoms with E-state index in [4.69, 9.17) is 51.1 Å². The van der Waals surface area contributed by atoms with Crippen molar-refractivity contribution in [3.8, 4) is 0 Å². The Kier molecular flexibility index (Phi) is 5.49. The maximum atomic E-state index is 12.4. The lowest BCUT2D eigenvalue weighted by molar-refractivity contribution is 0.0515. The van der Waals surface area contributed by atoms with Crippen molar-refractivity contribution >= 4 is 63.3 Å². The lowest BCUT2D eigenvalue weighted by atomic mass is 10.2. The van der Waals surface area contributed by atoms with Crippen LogP contribution in [0.5, 0.6) is 0 Å². The molecule has 0 amide bonds. The van der Waals surface area contributed by atoms with E-state index in [-0.39, 0.29) is 6.61 Å². The normalized spacial score (nSPS) is 11.1. The van der Waals surface area contributed by atoms with Gasteiger partial charge in [-0.1, -0.05) is 52.5 Å². The van der Waals surface area contributed by atoms with Gasteiger partial charge in [0.1, 0.15) is 5.69 Å². The summed E-state index contributed by atoms with van der Waals surface area (Å²) in [6.45, 7) is 2.42. The summed E-state index contributed by atoms with van der Waals surface area (Å²) >= 11 is 24.5. The molecule has 25 heavy (non-hydrogen) atoms. The van der Waals surface area contributed by atoms with E-state index in [9.17, 15) is 4.79 Å². The highest BCUT2D eigenvalue weighted by molar-refractivity contribution is 6.42. The molecular formula is C18H13Cl4NO2. The van der Waals surface area contributed by atoms with Crippen molar-refractivity contribution in [1.29, 1.82) is 0 Å². The van der Waals surface area contributed by atoms with Gasteiger partial charge >= 0.3 is 5.97 Å². The van der Waals surface area contributed by atoms with Crippen LogP contribution in [0.25, 0.3) is 10.9 Å². The summed E-state index contributed by atoms with van der Waals surface area (Å²) in [6.07, 6.45) is 0. The fraction of sp³-hybridized carbons (Fsp3) is 0.167. The molecule has 3 aromatic rings. The number of aromatic nitrogens is 1. The number of carbonyl (C=O) groups is 1. The van der Waals surface area contributed by atoms with E-state index >= 15 is 0 Å². The number of esters is 1. The van der Waals surface area contributed by atoms with Gasteiger partial charge in [0.2, 0.25) is 0 Å². The molecule has 0 aliphatic carbocycles. The molecule has 3 nitrogen and oxygen atoms in total. The number of rotatable bonds is 4. The van der Waals surface area contributed by atoms with Gasteiger partial charge in [0, 0.05) is 17.0 Å². The van der Waals surface area contributed by atoms with Crippen molar-refractivity contribution in [2.24, 2.45) is 0 Å². The van der Waals surface area contributed by atoms with Crippen molar-refractivity contribution in [3.63, 3.8) is 0 Å². The minimum absolute atomic E-state index is 0.279. The molecule has 0 atom stereocenters. The molecule has 2 aromatic carbocycles. The second-order valence-electron chi connectivity index (χ2n) is 5.41. The SMILES string of the molecule is CCOC(=O)c1cc2cc(Cl)cc(Cl)c2n1Cc1ccc(Cl)c(Cl)c1. The van der Waals surface area contributed by atoms with E-state index in [1.807, 2.05) is 6.07 Å². The highest BCUT2D eigenvalue weighted by atomic mass is 35.5. The average Bonchev–Trinajstić information content (AvgIpc) is 2.90. The third-order valence-corrected chi connectivity index (χ3v) is 4.97. The number of ether oxygens (including phenoxy) is 1. The summed E-state index contributed by atoms with van der Waals surface area (Å²) in [5.41, 5.74) is 1.98. The number of hydrogen-bond acceptors (Lipinski definition) is 2. The van der Waals surface area contributed by atoms with Crippen molar-refractivity contribution in [2.75, 3.05) is 6.61 Å². The van der Waals surface area contributed by atoms with Gasteiger partial charge in [-0.15, -0.1) is 0 Å². The summed E-state index contributed by atoms with van der Waals surface area (Å²) in [6, 6.07) is 10.5. The largest absolute Gasteiger partial charge is 0.461 e. The van der Waals surface area contributed by atoms with E-state index in [1.165, 1.54) is 0 Å². The topological polar surface area (TPSA) is 31.2 Å². The second kappa shape index (κ2) is 7.46. The summed E-state index contributed by atoms with van der Waals surface area (Å²) in [4.78, 5) is 12.4. The van der Waals surface area contributed by atoms with Gasteiger partial charge in [0.25, 0.3) is 0 Å². The first-order valence-electron chi connectivity index (χ1n) is 7.50. The first-order valence-corrected chi connectivity index (χ1v) is 9.01. The Balaban J connectivity index is 2.17. The zero-order valence-corrected chi connectivity index (χ0v) is 16.2. The predicted molar refractivity (Wildman–Crippen MR) is 103 cm³/mol. The highest BCUT2D eigenvalue weighted by Gasteiger charge is 2.19. The number of benzene rings is 2. The van der Waals surface area contributed by atoms with E-state index in [0.717, 1.165) is 10.9 Å². The van der Waals surface area contributed by atoms with Crippen LogP contribution in [0.15, 0.2) is 36.4 Å². The molecule has 0 unspecified atom stereocenters. The fourth-order valence-electron chi connectivity index (χ4n) is 2.69. The Labute approximate surface area is 165 Å². The van der Waals surface area contributed by atoms with Crippen LogP contribution in [-0.4, -0.2) is 17.1 Å². The Morgan fingerprint density at radius 2 is 1.76 bits per heavy atom. The van der Waals surface area contributed by atoms with Crippen LogP contribution in [-0.2, 0) is 11.3 Å². The molecule has 0 aliphatic rings. The lowest BCUT2D eigenvalue weighted by Gasteiger charge is -2.12. The van der Waals surface area contributed by atoms with Gasteiger partial charge in [-0.3, -0.25) is 0 Å². The van der Waals surface area contributed by atoms with Crippen LogP contribution in [0.4, 0.5) is 0 Å². The third kappa shape index (κ3) is 3.75. The molecule has 0 saturated carbocycles. The molecule has 0 fully saturated rings. The summed E-state index contributed by atoms with van der Waals surface area (Å²) in [7, 11) is 0. The molecule has 0 aliphatic heterocycles. The molecule has 1 aromatic heterocycles. The van der Waals surface area contributed by atoms with Gasteiger partial charge in [-0.2, -0.15) is 0 Å². The minimum Gasteiger partial charge on any atom is -0.461 e. The molecule has 0 saturated heterocycles. The van der Waals surface area contributed by atoms with Crippen LogP contribution in [0, 0.1) is 0 Å². The summed E-state index contributed by atoms with van der Waals surface area (Å²) in [5, 5.41) is 2.64. The number of nitrogens with zero attached hydrogens (tertiary/aromatic N) is 1. The zero-order valence-electron chi connectivity index (χ0n) is 13.2. The van der Waals surface area contributed by atoms with Crippen molar-refractivity contribution in [2.45, 2.75) is 13.5 Å². The Morgan fingerprint density at radius 1 is 1.00 bits per heavy atom. The van der Waals surface area contributed by atoms with Gasteiger partial charge < -0.3 is 9.30 Å². The quantitative estimate of drug-likeness (QED) is 0.455. The van der Waals surface area contributed by atoms with Crippen LogP contribution < -0.4 is 0 Å². The number of hydrogen-bond donors (Lipinski definition) is 0. The van der Waals surface area contributed by atoms with Gasteiger partial charge in [-0.25, -0.2) is 4.79 Å². The van der Waals surface area contributed by atoms with Crippen LogP contribution in [0.3, 0.4) is 0 Å². The molecule has 0 radical (unpaired) electrons. The maximum Gasteiger partial charge on any atom is 0.354 e. The second-order valence-corrected chi connectivity index (χ2v) is 7.07. The predicted octanol–water partition coefficient (Wildman–Crippen LogP) is 6.48. The Morgan fingerprint density at radius 3 is 2.44 bits per heavy atom. The maximum absolute atomic E-state index is 12.4.